The standard InChI is InChI=1S/C12H22N2O2/c1-14(6-4-10-2-3-10)12(15)8-11-9-16-7-5-13-11/h10-11,13H,2-9H2,1H3. The van der Waals surface area contributed by atoms with E-state index in [2.05, 4.69) is 5.32 Å². The first-order valence-electron chi connectivity index (χ1n) is 6.31. The summed E-state index contributed by atoms with van der Waals surface area (Å²) in [6.07, 6.45) is 4.47. The van der Waals surface area contributed by atoms with Crippen molar-refractivity contribution < 1.29 is 9.53 Å². The third kappa shape index (κ3) is 3.76. The van der Waals surface area contributed by atoms with Gasteiger partial charge in [0.1, 0.15) is 0 Å². The highest BCUT2D eigenvalue weighted by molar-refractivity contribution is 5.76. The minimum atomic E-state index is 0.213. The van der Waals surface area contributed by atoms with Gasteiger partial charge in [-0.15, -0.1) is 0 Å². The zero-order valence-corrected chi connectivity index (χ0v) is 10.1. The van der Waals surface area contributed by atoms with Crippen LogP contribution in [0.4, 0.5) is 0 Å². The van der Waals surface area contributed by atoms with E-state index in [1.54, 1.807) is 0 Å². The fraction of sp³-hybridized carbons (Fsp3) is 0.917. The summed E-state index contributed by atoms with van der Waals surface area (Å²) in [6.45, 7) is 3.21. The molecule has 1 heterocycles. The maximum Gasteiger partial charge on any atom is 0.223 e. The van der Waals surface area contributed by atoms with Crippen molar-refractivity contribution in [2.45, 2.75) is 31.7 Å². The van der Waals surface area contributed by atoms with Crippen molar-refractivity contribution in [3.63, 3.8) is 0 Å². The van der Waals surface area contributed by atoms with Crippen LogP contribution in [0.25, 0.3) is 0 Å². The van der Waals surface area contributed by atoms with Crippen molar-refractivity contribution >= 4 is 5.91 Å². The van der Waals surface area contributed by atoms with E-state index in [0.717, 1.165) is 25.6 Å². The van der Waals surface area contributed by atoms with Crippen LogP contribution in [0.5, 0.6) is 0 Å². The number of amides is 1. The Morgan fingerprint density at radius 1 is 1.50 bits per heavy atom. The summed E-state index contributed by atoms with van der Waals surface area (Å²) < 4.78 is 5.34. The predicted octanol–water partition coefficient (Wildman–Crippen LogP) is 0.623. The maximum absolute atomic E-state index is 11.9. The molecule has 4 nitrogen and oxygen atoms in total. The highest BCUT2D eigenvalue weighted by Gasteiger charge is 2.23. The van der Waals surface area contributed by atoms with E-state index in [1.807, 2.05) is 11.9 Å². The zero-order chi connectivity index (χ0) is 11.4. The van der Waals surface area contributed by atoms with Gasteiger partial charge in [-0.05, 0) is 12.3 Å². The summed E-state index contributed by atoms with van der Waals surface area (Å²) in [4.78, 5) is 13.7. The van der Waals surface area contributed by atoms with E-state index in [4.69, 9.17) is 4.74 Å². The van der Waals surface area contributed by atoms with Gasteiger partial charge in [0.15, 0.2) is 0 Å². The molecule has 0 bridgehead atoms. The molecular weight excluding hydrogens is 204 g/mol. The van der Waals surface area contributed by atoms with Crippen molar-refractivity contribution in [1.82, 2.24) is 10.2 Å². The molecule has 0 radical (unpaired) electrons. The number of carbonyl (C=O) groups excluding carboxylic acids is 1. The number of nitrogens with one attached hydrogen (secondary N) is 1. The summed E-state index contributed by atoms with van der Waals surface area (Å²) >= 11 is 0. The van der Waals surface area contributed by atoms with Crippen LogP contribution in [-0.2, 0) is 9.53 Å². The fourth-order valence-electron chi connectivity index (χ4n) is 2.02. The third-order valence-corrected chi connectivity index (χ3v) is 3.41. The van der Waals surface area contributed by atoms with E-state index in [9.17, 15) is 4.79 Å². The van der Waals surface area contributed by atoms with Crippen LogP contribution in [-0.4, -0.2) is 50.2 Å². The summed E-state index contributed by atoms with van der Waals surface area (Å²) in [6, 6.07) is 0.213. The third-order valence-electron chi connectivity index (χ3n) is 3.41. The quantitative estimate of drug-likeness (QED) is 0.747. The van der Waals surface area contributed by atoms with Crippen LogP contribution < -0.4 is 5.32 Å². The Bertz CT molecular complexity index is 235. The molecule has 1 amide bonds. The molecule has 4 heteroatoms. The van der Waals surface area contributed by atoms with Crippen molar-refractivity contribution in [2.75, 3.05) is 33.4 Å². The first kappa shape index (κ1) is 11.9. The Kier molecular flexibility index (Phi) is 4.18. The lowest BCUT2D eigenvalue weighted by molar-refractivity contribution is -0.131. The molecule has 1 aliphatic carbocycles. The SMILES string of the molecule is CN(CCC1CC1)C(=O)CC1COCCN1. The molecule has 16 heavy (non-hydrogen) atoms. The van der Waals surface area contributed by atoms with Gasteiger partial charge in [-0.3, -0.25) is 4.79 Å². The molecule has 2 aliphatic rings. The Balaban J connectivity index is 1.64. The van der Waals surface area contributed by atoms with Gasteiger partial charge >= 0.3 is 0 Å². The predicted molar refractivity (Wildman–Crippen MR) is 62.2 cm³/mol. The molecule has 0 aromatic rings. The van der Waals surface area contributed by atoms with Gasteiger partial charge in [-0.1, -0.05) is 12.8 Å². The second kappa shape index (κ2) is 5.64. The topological polar surface area (TPSA) is 41.6 Å². The average molecular weight is 226 g/mol. The van der Waals surface area contributed by atoms with Crippen LogP contribution in [0, 0.1) is 5.92 Å². The van der Waals surface area contributed by atoms with Crippen LogP contribution in [0.15, 0.2) is 0 Å². The monoisotopic (exact) mass is 226 g/mol. The molecule has 2 fully saturated rings. The lowest BCUT2D eigenvalue weighted by Gasteiger charge is -2.25. The summed E-state index contributed by atoms with van der Waals surface area (Å²) in [5.41, 5.74) is 0. The number of carbonyl (C=O) groups is 1. The van der Waals surface area contributed by atoms with Crippen molar-refractivity contribution in [3.8, 4) is 0 Å². The Hall–Kier alpha value is -0.610. The van der Waals surface area contributed by atoms with E-state index >= 15 is 0 Å². The van der Waals surface area contributed by atoms with Crippen LogP contribution in [0.1, 0.15) is 25.7 Å². The van der Waals surface area contributed by atoms with Crippen LogP contribution in [0.3, 0.4) is 0 Å². The van der Waals surface area contributed by atoms with Crippen molar-refractivity contribution in [1.29, 1.82) is 0 Å². The minimum absolute atomic E-state index is 0.213. The molecular formula is C12H22N2O2. The van der Waals surface area contributed by atoms with E-state index < -0.39 is 0 Å². The second-order valence-corrected chi connectivity index (χ2v) is 4.98. The normalized spacial score (nSPS) is 25.4. The van der Waals surface area contributed by atoms with Gasteiger partial charge in [0, 0.05) is 32.6 Å². The molecule has 0 aromatic heterocycles. The molecule has 1 saturated carbocycles. The lowest BCUT2D eigenvalue weighted by atomic mass is 10.1. The van der Waals surface area contributed by atoms with Gasteiger partial charge in [-0.2, -0.15) is 0 Å². The molecule has 0 spiro atoms. The summed E-state index contributed by atoms with van der Waals surface area (Å²) in [5, 5.41) is 3.31. The number of ether oxygens (including phenoxy) is 1. The number of hydrogen-bond donors (Lipinski definition) is 1. The van der Waals surface area contributed by atoms with Gasteiger partial charge < -0.3 is 15.0 Å². The molecule has 1 unspecified atom stereocenters. The molecule has 0 aromatic carbocycles. The van der Waals surface area contributed by atoms with Crippen LogP contribution >= 0.6 is 0 Å². The highest BCUT2D eigenvalue weighted by Crippen LogP contribution is 2.32. The molecule has 1 atom stereocenters. The van der Waals surface area contributed by atoms with Gasteiger partial charge in [0.2, 0.25) is 5.91 Å². The summed E-state index contributed by atoms with van der Waals surface area (Å²) in [7, 11) is 1.91. The second-order valence-electron chi connectivity index (χ2n) is 4.98. The van der Waals surface area contributed by atoms with Crippen LogP contribution in [0.2, 0.25) is 0 Å². The molecule has 2 rings (SSSR count). The first-order chi connectivity index (χ1) is 7.75. The van der Waals surface area contributed by atoms with Gasteiger partial charge in [0.25, 0.3) is 0 Å². The van der Waals surface area contributed by atoms with Gasteiger partial charge in [0.05, 0.1) is 13.2 Å². The number of nitrogens with zero attached hydrogens (tertiary/aromatic N) is 1. The molecule has 1 N–H and O–H groups in total. The maximum atomic E-state index is 11.9. The molecule has 92 valence electrons. The lowest BCUT2D eigenvalue weighted by Crippen LogP contribution is -2.44. The van der Waals surface area contributed by atoms with E-state index in [0.29, 0.717) is 13.0 Å². The largest absolute Gasteiger partial charge is 0.378 e. The van der Waals surface area contributed by atoms with Crippen molar-refractivity contribution in [2.24, 2.45) is 5.92 Å². The first-order valence-corrected chi connectivity index (χ1v) is 6.31. The Morgan fingerprint density at radius 2 is 2.31 bits per heavy atom. The van der Waals surface area contributed by atoms with E-state index in [1.165, 1.54) is 19.3 Å². The Morgan fingerprint density at radius 3 is 2.94 bits per heavy atom. The number of hydrogen-bond acceptors (Lipinski definition) is 3. The number of morpholine rings is 1. The minimum Gasteiger partial charge on any atom is -0.378 e. The highest BCUT2D eigenvalue weighted by atomic mass is 16.5. The number of rotatable bonds is 5. The zero-order valence-electron chi connectivity index (χ0n) is 10.1. The fourth-order valence-corrected chi connectivity index (χ4v) is 2.02. The smallest absolute Gasteiger partial charge is 0.223 e. The average Bonchev–Trinajstić information content (AvgIpc) is 3.11. The Labute approximate surface area is 97.3 Å². The van der Waals surface area contributed by atoms with E-state index in [-0.39, 0.29) is 11.9 Å². The molecule has 1 aliphatic heterocycles. The van der Waals surface area contributed by atoms with Gasteiger partial charge in [-0.25, -0.2) is 0 Å². The summed E-state index contributed by atoms with van der Waals surface area (Å²) in [5.74, 6) is 1.13. The molecule has 1 saturated heterocycles. The van der Waals surface area contributed by atoms with Crippen molar-refractivity contribution in [3.05, 3.63) is 0 Å².